The third-order valence-electron chi connectivity index (χ3n) is 4.29. The smallest absolute Gasteiger partial charge is 0.268 e. The second-order valence-electron chi connectivity index (χ2n) is 5.94. The van der Waals surface area contributed by atoms with Crippen molar-refractivity contribution < 1.29 is 4.39 Å². The van der Waals surface area contributed by atoms with Gasteiger partial charge in [-0.15, -0.1) is 0 Å². The van der Waals surface area contributed by atoms with Crippen LogP contribution in [0, 0.1) is 5.82 Å². The Kier molecular flexibility index (Phi) is 5.10. The maximum absolute atomic E-state index is 13.0. The summed E-state index contributed by atoms with van der Waals surface area (Å²) in [6.07, 6.45) is 1.66. The zero-order valence-corrected chi connectivity index (χ0v) is 13.8. The van der Waals surface area contributed by atoms with Crippen LogP contribution in [0.5, 0.6) is 0 Å². The fraction of sp³-hybridized carbons (Fsp3) is 0.412. The largest absolute Gasteiger partial charge is 0.382 e. The van der Waals surface area contributed by atoms with Crippen molar-refractivity contribution in [3.8, 4) is 0 Å². The summed E-state index contributed by atoms with van der Waals surface area (Å²) < 4.78 is 14.3. The fourth-order valence-electron chi connectivity index (χ4n) is 2.81. The van der Waals surface area contributed by atoms with Crippen LogP contribution in [-0.2, 0) is 7.05 Å². The van der Waals surface area contributed by atoms with Crippen molar-refractivity contribution in [2.75, 3.05) is 49.5 Å². The van der Waals surface area contributed by atoms with Crippen LogP contribution >= 0.6 is 0 Å². The molecule has 1 aliphatic heterocycles. The van der Waals surface area contributed by atoms with Crippen molar-refractivity contribution in [1.29, 1.82) is 0 Å². The minimum atomic E-state index is -0.200. The molecule has 24 heavy (non-hydrogen) atoms. The second kappa shape index (κ2) is 7.44. The van der Waals surface area contributed by atoms with Gasteiger partial charge in [0.2, 0.25) is 0 Å². The summed E-state index contributed by atoms with van der Waals surface area (Å²) in [5.41, 5.74) is 1.70. The van der Waals surface area contributed by atoms with Crippen LogP contribution in [0.2, 0.25) is 0 Å². The van der Waals surface area contributed by atoms with Gasteiger partial charge in [-0.3, -0.25) is 9.69 Å². The number of hydrogen-bond donors (Lipinski definition) is 1. The van der Waals surface area contributed by atoms with Gasteiger partial charge in [0.1, 0.15) is 5.82 Å². The molecule has 2 aromatic rings. The first kappa shape index (κ1) is 16.4. The van der Waals surface area contributed by atoms with Crippen LogP contribution in [0.3, 0.4) is 0 Å². The van der Waals surface area contributed by atoms with E-state index in [0.717, 1.165) is 50.6 Å². The molecule has 7 heteroatoms. The highest BCUT2D eigenvalue weighted by Crippen LogP contribution is 2.16. The minimum Gasteiger partial charge on any atom is -0.382 e. The lowest BCUT2D eigenvalue weighted by atomic mass is 10.2. The molecule has 0 saturated carbocycles. The first-order chi connectivity index (χ1) is 11.6. The third-order valence-corrected chi connectivity index (χ3v) is 4.29. The molecule has 1 saturated heterocycles. The van der Waals surface area contributed by atoms with E-state index in [9.17, 15) is 9.18 Å². The Labute approximate surface area is 140 Å². The number of nitrogens with one attached hydrogen (secondary N) is 1. The van der Waals surface area contributed by atoms with Gasteiger partial charge in [0, 0.05) is 58.1 Å². The molecule has 6 nitrogen and oxygen atoms in total. The molecule has 0 radical (unpaired) electrons. The molecule has 0 spiro atoms. The van der Waals surface area contributed by atoms with Crippen LogP contribution in [0.25, 0.3) is 0 Å². The fourth-order valence-corrected chi connectivity index (χ4v) is 2.81. The van der Waals surface area contributed by atoms with Crippen LogP contribution in [0.15, 0.2) is 41.3 Å². The van der Waals surface area contributed by atoms with E-state index < -0.39 is 0 Å². The predicted molar refractivity (Wildman–Crippen MR) is 93.0 cm³/mol. The van der Waals surface area contributed by atoms with Gasteiger partial charge in [0.05, 0.1) is 11.9 Å². The van der Waals surface area contributed by atoms with Gasteiger partial charge in [-0.2, -0.15) is 5.10 Å². The average molecular weight is 331 g/mol. The molecule has 0 atom stereocenters. The summed E-state index contributed by atoms with van der Waals surface area (Å²) in [6, 6.07) is 8.22. The Bertz CT molecular complexity index is 723. The number of aryl methyl sites for hydroxylation is 1. The van der Waals surface area contributed by atoms with E-state index in [1.807, 2.05) is 12.1 Å². The van der Waals surface area contributed by atoms with Crippen molar-refractivity contribution in [3.63, 3.8) is 0 Å². The number of rotatable bonds is 5. The van der Waals surface area contributed by atoms with Crippen LogP contribution in [0.4, 0.5) is 15.8 Å². The van der Waals surface area contributed by atoms with Gasteiger partial charge in [0.25, 0.3) is 5.56 Å². The zero-order valence-electron chi connectivity index (χ0n) is 13.8. The number of aromatic nitrogens is 2. The van der Waals surface area contributed by atoms with Crippen molar-refractivity contribution >= 4 is 11.4 Å². The summed E-state index contributed by atoms with van der Waals surface area (Å²) in [6.45, 7) is 5.47. The maximum Gasteiger partial charge on any atom is 0.268 e. The number of halogens is 1. The maximum atomic E-state index is 13.0. The highest BCUT2D eigenvalue weighted by molar-refractivity contribution is 5.46. The highest BCUT2D eigenvalue weighted by atomic mass is 19.1. The number of anilines is 2. The SMILES string of the molecule is Cn1ncc(NCCN2CCN(c3ccc(F)cc3)CC2)cc1=O. The molecule has 0 aliphatic carbocycles. The summed E-state index contributed by atoms with van der Waals surface area (Å²) in [5, 5.41) is 7.22. The van der Waals surface area contributed by atoms with Crippen molar-refractivity contribution in [3.05, 3.63) is 52.7 Å². The Morgan fingerprint density at radius 3 is 2.54 bits per heavy atom. The van der Waals surface area contributed by atoms with Crippen molar-refractivity contribution in [1.82, 2.24) is 14.7 Å². The minimum absolute atomic E-state index is 0.118. The van der Waals surface area contributed by atoms with Crippen LogP contribution in [0.1, 0.15) is 0 Å². The second-order valence-corrected chi connectivity index (χ2v) is 5.94. The Morgan fingerprint density at radius 2 is 1.88 bits per heavy atom. The Balaban J connectivity index is 1.43. The van der Waals surface area contributed by atoms with Crippen LogP contribution in [-0.4, -0.2) is 53.9 Å². The van der Waals surface area contributed by atoms with Gasteiger partial charge in [-0.1, -0.05) is 0 Å². The van der Waals surface area contributed by atoms with E-state index in [-0.39, 0.29) is 11.4 Å². The molecule has 1 N–H and O–H groups in total. The zero-order chi connectivity index (χ0) is 16.9. The molecule has 1 aliphatic rings. The van der Waals surface area contributed by atoms with Crippen molar-refractivity contribution in [2.24, 2.45) is 7.05 Å². The van der Waals surface area contributed by atoms with E-state index in [2.05, 4.69) is 20.2 Å². The molecule has 3 rings (SSSR count). The van der Waals surface area contributed by atoms with Gasteiger partial charge in [-0.05, 0) is 24.3 Å². The average Bonchev–Trinajstić information content (AvgIpc) is 2.59. The summed E-state index contributed by atoms with van der Waals surface area (Å²) in [5.74, 6) is -0.200. The van der Waals surface area contributed by atoms with Gasteiger partial charge in [0.15, 0.2) is 0 Å². The summed E-state index contributed by atoms with van der Waals surface area (Å²) in [4.78, 5) is 16.2. The Morgan fingerprint density at radius 1 is 1.17 bits per heavy atom. The number of nitrogens with zero attached hydrogens (tertiary/aromatic N) is 4. The standard InChI is InChI=1S/C17H22FN5O/c1-21-17(24)12-15(13-20-21)19-6-7-22-8-10-23(11-9-22)16-4-2-14(18)3-5-16/h2-5,12-13,19H,6-11H2,1H3. The molecule has 0 amide bonds. The quantitative estimate of drug-likeness (QED) is 0.891. The molecular formula is C17H22FN5O. The normalized spacial score (nSPS) is 15.5. The molecule has 128 valence electrons. The number of hydrogen-bond acceptors (Lipinski definition) is 5. The van der Waals surface area contributed by atoms with Gasteiger partial charge in [-0.25, -0.2) is 9.07 Å². The van der Waals surface area contributed by atoms with E-state index in [0.29, 0.717) is 0 Å². The van der Waals surface area contributed by atoms with E-state index >= 15 is 0 Å². The van der Waals surface area contributed by atoms with E-state index in [1.165, 1.54) is 16.8 Å². The van der Waals surface area contributed by atoms with Crippen molar-refractivity contribution in [2.45, 2.75) is 0 Å². The molecule has 0 bridgehead atoms. The monoisotopic (exact) mass is 331 g/mol. The summed E-state index contributed by atoms with van der Waals surface area (Å²) >= 11 is 0. The molecule has 1 fully saturated rings. The van der Waals surface area contributed by atoms with Gasteiger partial charge >= 0.3 is 0 Å². The molecule has 2 heterocycles. The number of benzene rings is 1. The van der Waals surface area contributed by atoms with E-state index in [4.69, 9.17) is 0 Å². The van der Waals surface area contributed by atoms with Crippen LogP contribution < -0.4 is 15.8 Å². The molecule has 1 aromatic heterocycles. The highest BCUT2D eigenvalue weighted by Gasteiger charge is 2.16. The predicted octanol–water partition coefficient (Wildman–Crippen LogP) is 1.15. The first-order valence-corrected chi connectivity index (χ1v) is 8.12. The topological polar surface area (TPSA) is 53.4 Å². The van der Waals surface area contributed by atoms with Gasteiger partial charge < -0.3 is 10.2 Å². The third kappa shape index (κ3) is 4.11. The lowest BCUT2D eigenvalue weighted by Gasteiger charge is -2.36. The molecule has 0 unspecified atom stereocenters. The molecular weight excluding hydrogens is 309 g/mol. The lowest BCUT2D eigenvalue weighted by Crippen LogP contribution is -2.47. The first-order valence-electron chi connectivity index (χ1n) is 8.12. The molecule has 1 aromatic carbocycles. The lowest BCUT2D eigenvalue weighted by molar-refractivity contribution is 0.267. The summed E-state index contributed by atoms with van der Waals surface area (Å²) in [7, 11) is 1.63. The van der Waals surface area contributed by atoms with E-state index in [1.54, 1.807) is 19.3 Å². The Hall–Kier alpha value is -2.41. The number of piperazine rings is 1.